The van der Waals surface area contributed by atoms with E-state index >= 15 is 0 Å². The van der Waals surface area contributed by atoms with Gasteiger partial charge >= 0.3 is 0 Å². The molecule has 4 nitrogen and oxygen atoms in total. The largest absolute Gasteiger partial charge is 0.225 e. The smallest absolute Gasteiger partial charge is 0.189 e. The summed E-state index contributed by atoms with van der Waals surface area (Å²) in [6.45, 7) is 0. The summed E-state index contributed by atoms with van der Waals surface area (Å²) in [7, 11) is 4.62. The summed E-state index contributed by atoms with van der Waals surface area (Å²) in [6.07, 6.45) is 2.94. The summed E-state index contributed by atoms with van der Waals surface area (Å²) in [4.78, 5) is 11.6. The van der Waals surface area contributed by atoms with Gasteiger partial charge in [0.1, 0.15) is 12.7 Å². The van der Waals surface area contributed by atoms with Gasteiger partial charge in [-0.3, -0.25) is 0 Å². The average molecular weight is 202 g/mol. The first kappa shape index (κ1) is 7.38. The van der Waals surface area contributed by atoms with Crippen molar-refractivity contribution >= 4 is 36.6 Å². The van der Waals surface area contributed by atoms with Crippen molar-refractivity contribution in [3.05, 3.63) is 18.5 Å². The Hall–Kier alpha value is -0.270. The molecule has 56 valence electrons. The molecule has 1 aromatic heterocycles. The summed E-state index contributed by atoms with van der Waals surface area (Å²) in [5.41, 5.74) is 0. The molecule has 0 N–H and O–H groups in total. The molecule has 1 aliphatic heterocycles. The maximum absolute atomic E-state index is 4.11. The zero-order chi connectivity index (χ0) is 7.52. The monoisotopic (exact) mass is 202 g/mol. The summed E-state index contributed by atoms with van der Waals surface area (Å²) < 4.78 is 4.11. The second-order valence-corrected chi connectivity index (χ2v) is 5.19. The van der Waals surface area contributed by atoms with Crippen LogP contribution in [0, 0.1) is 0 Å². The van der Waals surface area contributed by atoms with Gasteiger partial charge in [0.25, 0.3) is 0 Å². The normalized spacial score (nSPS) is 16.5. The molecule has 0 saturated heterocycles. The molecule has 2 rings (SSSR count). The molecule has 1 aliphatic rings. The van der Waals surface area contributed by atoms with Crippen molar-refractivity contribution in [2.24, 2.45) is 4.40 Å². The van der Waals surface area contributed by atoms with E-state index in [1.54, 1.807) is 20.6 Å². The van der Waals surface area contributed by atoms with Gasteiger partial charge in [0, 0.05) is 9.83 Å². The van der Waals surface area contributed by atoms with Gasteiger partial charge in [-0.05, 0) is 10.8 Å². The first-order valence-corrected chi connectivity index (χ1v) is 6.11. The maximum atomic E-state index is 4.11. The van der Waals surface area contributed by atoms with Crippen molar-refractivity contribution < 1.29 is 0 Å². The first-order valence-electron chi connectivity index (χ1n) is 2.67. The molecule has 0 fully saturated rings. The minimum absolute atomic E-state index is 0.655. The number of nitrogens with zero attached hydrogens (tertiary/aromatic N) is 4. The predicted octanol–water partition coefficient (Wildman–Crippen LogP) is 1.58. The lowest BCUT2D eigenvalue weighted by molar-refractivity contribution is 1.03. The fraction of sp³-hybridized carbons (Fsp3) is 0. The molecule has 2 heterocycles. The minimum atomic E-state index is 0.655. The van der Waals surface area contributed by atoms with E-state index in [1.807, 2.05) is 0 Å². The second-order valence-electron chi connectivity index (χ2n) is 1.58. The molecule has 0 radical (unpaired) electrons. The summed E-state index contributed by atoms with van der Waals surface area (Å²) in [5, 5.41) is 0.863. The third kappa shape index (κ3) is 1.66. The lowest BCUT2D eigenvalue weighted by atomic mass is 10.7. The van der Waals surface area contributed by atoms with Crippen molar-refractivity contribution in [3.8, 4) is 0 Å². The van der Waals surface area contributed by atoms with Crippen molar-refractivity contribution in [2.75, 3.05) is 0 Å². The van der Waals surface area contributed by atoms with Crippen LogP contribution in [0.1, 0.15) is 5.82 Å². The van der Waals surface area contributed by atoms with E-state index in [2.05, 4.69) is 19.3 Å². The molecule has 7 heteroatoms. The highest BCUT2D eigenvalue weighted by molar-refractivity contribution is 9.13. The standard InChI is InChI=1S/C4H2N4S3/c1-5-2-7-3(6-1)4-8-10-11-9-4/h1-2H. The Kier molecular flexibility index (Phi) is 2.29. The predicted molar refractivity (Wildman–Crippen MR) is 49.1 cm³/mol. The summed E-state index contributed by atoms with van der Waals surface area (Å²) in [5.74, 6) is 0.655. The van der Waals surface area contributed by atoms with E-state index in [9.17, 15) is 0 Å². The Morgan fingerprint density at radius 2 is 2.00 bits per heavy atom. The molecule has 11 heavy (non-hydrogen) atoms. The molecular formula is C4H2N4S3. The first-order chi connectivity index (χ1) is 5.47. The SMILES string of the molecule is c1ncnc(C2=NSSS2)n1. The number of aromatic nitrogens is 3. The molecular weight excluding hydrogens is 200 g/mol. The fourth-order valence-electron chi connectivity index (χ4n) is 0.539. The molecule has 0 spiro atoms. The third-order valence-corrected chi connectivity index (χ3v) is 4.13. The third-order valence-electron chi connectivity index (χ3n) is 0.948. The van der Waals surface area contributed by atoms with Crippen molar-refractivity contribution in [3.63, 3.8) is 0 Å². The van der Waals surface area contributed by atoms with Crippen LogP contribution in [-0.2, 0) is 0 Å². The van der Waals surface area contributed by atoms with E-state index < -0.39 is 0 Å². The zero-order valence-electron chi connectivity index (χ0n) is 5.17. The van der Waals surface area contributed by atoms with Crippen molar-refractivity contribution in [1.82, 2.24) is 15.0 Å². The summed E-state index contributed by atoms with van der Waals surface area (Å²) in [6, 6.07) is 0. The minimum Gasteiger partial charge on any atom is -0.225 e. The van der Waals surface area contributed by atoms with Crippen LogP contribution in [0.2, 0.25) is 0 Å². The quantitative estimate of drug-likeness (QED) is 0.509. The molecule has 0 atom stereocenters. The molecule has 0 saturated carbocycles. The number of hydrogen-bond donors (Lipinski definition) is 0. The highest BCUT2D eigenvalue weighted by Crippen LogP contribution is 2.44. The molecule has 0 unspecified atom stereocenters. The Balaban J connectivity index is 2.29. The van der Waals surface area contributed by atoms with Gasteiger partial charge in [-0.25, -0.2) is 15.0 Å². The van der Waals surface area contributed by atoms with Gasteiger partial charge in [-0.2, -0.15) is 4.40 Å². The van der Waals surface area contributed by atoms with Crippen molar-refractivity contribution in [1.29, 1.82) is 0 Å². The average Bonchev–Trinajstić information content (AvgIpc) is 2.58. The number of hydrogen-bond acceptors (Lipinski definition) is 7. The Morgan fingerprint density at radius 1 is 1.18 bits per heavy atom. The van der Waals surface area contributed by atoms with E-state index in [-0.39, 0.29) is 0 Å². The molecule has 1 aromatic rings. The van der Waals surface area contributed by atoms with Gasteiger partial charge in [-0.15, -0.1) is 0 Å². The highest BCUT2D eigenvalue weighted by Gasteiger charge is 2.13. The molecule has 0 aliphatic carbocycles. The topological polar surface area (TPSA) is 51.0 Å². The highest BCUT2D eigenvalue weighted by atomic mass is 33.5. The van der Waals surface area contributed by atoms with Crippen LogP contribution in [0.3, 0.4) is 0 Å². The zero-order valence-corrected chi connectivity index (χ0v) is 7.62. The van der Waals surface area contributed by atoms with Gasteiger partial charge in [0.2, 0.25) is 0 Å². The van der Waals surface area contributed by atoms with Gasteiger partial charge in [0.15, 0.2) is 10.9 Å². The van der Waals surface area contributed by atoms with E-state index in [4.69, 9.17) is 0 Å². The molecule has 0 bridgehead atoms. The van der Waals surface area contributed by atoms with Crippen molar-refractivity contribution in [2.45, 2.75) is 0 Å². The van der Waals surface area contributed by atoms with Crippen LogP contribution in [0.5, 0.6) is 0 Å². The van der Waals surface area contributed by atoms with Crippen LogP contribution in [0.25, 0.3) is 0 Å². The summed E-state index contributed by atoms with van der Waals surface area (Å²) >= 11 is 0. The lowest BCUT2D eigenvalue weighted by Crippen LogP contribution is -1.99. The molecule has 0 amide bonds. The fourth-order valence-corrected chi connectivity index (χ4v) is 3.59. The maximum Gasteiger partial charge on any atom is 0.189 e. The number of rotatable bonds is 1. The Morgan fingerprint density at radius 3 is 2.64 bits per heavy atom. The molecule has 0 aromatic carbocycles. The van der Waals surface area contributed by atoms with Crippen LogP contribution in [0.4, 0.5) is 0 Å². The van der Waals surface area contributed by atoms with Gasteiger partial charge in [0.05, 0.1) is 11.0 Å². The second kappa shape index (κ2) is 3.42. The van der Waals surface area contributed by atoms with E-state index in [0.29, 0.717) is 5.82 Å². The van der Waals surface area contributed by atoms with Crippen LogP contribution >= 0.6 is 31.6 Å². The van der Waals surface area contributed by atoms with Crippen LogP contribution in [-0.4, -0.2) is 20.0 Å². The van der Waals surface area contributed by atoms with Gasteiger partial charge in [-0.1, -0.05) is 0 Å². The van der Waals surface area contributed by atoms with Crippen LogP contribution in [0.15, 0.2) is 17.1 Å². The van der Waals surface area contributed by atoms with E-state index in [1.165, 1.54) is 23.6 Å². The lowest BCUT2D eigenvalue weighted by Gasteiger charge is -1.91. The Labute approximate surface area is 74.6 Å². The Bertz CT molecular complexity index is 274. The van der Waals surface area contributed by atoms with Crippen LogP contribution < -0.4 is 0 Å². The van der Waals surface area contributed by atoms with Gasteiger partial charge < -0.3 is 0 Å². The van der Waals surface area contributed by atoms with E-state index in [0.717, 1.165) is 5.04 Å².